The molecule has 1 aromatic carbocycles. The molecule has 1 aliphatic rings. The second-order valence-corrected chi connectivity index (χ2v) is 5.64. The molecule has 0 spiro atoms. The maximum Gasteiger partial charge on any atom is 0.163 e. The van der Waals surface area contributed by atoms with Gasteiger partial charge in [0, 0.05) is 12.6 Å². The lowest BCUT2D eigenvalue weighted by atomic mass is 10.1. The number of likely N-dealkylation sites (tertiary alicyclic amines) is 1. The van der Waals surface area contributed by atoms with Gasteiger partial charge in [-0.2, -0.15) is 0 Å². The molecular weight excluding hydrogens is 250 g/mol. The van der Waals surface area contributed by atoms with E-state index in [0.717, 1.165) is 6.54 Å². The Balaban J connectivity index is 1.87. The van der Waals surface area contributed by atoms with Crippen LogP contribution in [0.2, 0.25) is 0 Å². The highest BCUT2D eigenvalue weighted by Crippen LogP contribution is 2.19. The van der Waals surface area contributed by atoms with Crippen molar-refractivity contribution in [1.29, 1.82) is 0 Å². The van der Waals surface area contributed by atoms with Crippen molar-refractivity contribution in [3.63, 3.8) is 0 Å². The van der Waals surface area contributed by atoms with E-state index in [2.05, 4.69) is 11.8 Å². The first-order valence-corrected chi connectivity index (χ1v) is 7.65. The quantitative estimate of drug-likeness (QED) is 0.770. The minimum atomic E-state index is 0.0590. The topological polar surface area (TPSA) is 29.5 Å². The molecule has 1 aliphatic heterocycles. The molecule has 0 amide bonds. The summed E-state index contributed by atoms with van der Waals surface area (Å²) in [4.78, 5) is 14.0. The number of hydrogen-bond donors (Lipinski definition) is 0. The number of nitrogens with zero attached hydrogens (tertiary/aromatic N) is 1. The van der Waals surface area contributed by atoms with Gasteiger partial charge in [-0.1, -0.05) is 25.0 Å². The summed E-state index contributed by atoms with van der Waals surface area (Å²) < 4.78 is 5.83. The predicted molar refractivity (Wildman–Crippen MR) is 81.4 cm³/mol. The molecule has 20 heavy (non-hydrogen) atoms. The van der Waals surface area contributed by atoms with Crippen LogP contribution < -0.4 is 4.74 Å². The molecule has 1 aromatic rings. The Morgan fingerprint density at radius 2 is 2.10 bits per heavy atom. The first-order chi connectivity index (χ1) is 9.68. The predicted octanol–water partition coefficient (Wildman–Crippen LogP) is 3.53. The summed E-state index contributed by atoms with van der Waals surface area (Å²) in [7, 11) is 0. The van der Waals surface area contributed by atoms with Gasteiger partial charge in [0.25, 0.3) is 0 Å². The molecule has 0 aromatic heterocycles. The van der Waals surface area contributed by atoms with Gasteiger partial charge < -0.3 is 4.74 Å². The largest absolute Gasteiger partial charge is 0.491 e. The molecule has 2 rings (SSSR count). The van der Waals surface area contributed by atoms with E-state index in [1.54, 1.807) is 6.92 Å². The van der Waals surface area contributed by atoms with E-state index in [4.69, 9.17) is 4.74 Å². The third-order valence-corrected chi connectivity index (χ3v) is 4.09. The Morgan fingerprint density at radius 3 is 2.90 bits per heavy atom. The van der Waals surface area contributed by atoms with Crippen LogP contribution in [0.4, 0.5) is 0 Å². The highest BCUT2D eigenvalue weighted by Gasteiger charge is 2.16. The Kier molecular flexibility index (Phi) is 5.60. The number of benzene rings is 1. The first kappa shape index (κ1) is 15.0. The van der Waals surface area contributed by atoms with Gasteiger partial charge in [0.15, 0.2) is 5.78 Å². The molecule has 0 radical (unpaired) electrons. The van der Waals surface area contributed by atoms with Crippen LogP contribution in [-0.4, -0.2) is 36.4 Å². The summed E-state index contributed by atoms with van der Waals surface area (Å²) in [6.45, 7) is 6.63. The van der Waals surface area contributed by atoms with Crippen LogP contribution in [0.1, 0.15) is 49.9 Å². The molecule has 110 valence electrons. The Morgan fingerprint density at radius 1 is 1.30 bits per heavy atom. The van der Waals surface area contributed by atoms with Crippen molar-refractivity contribution in [2.24, 2.45) is 0 Å². The second kappa shape index (κ2) is 7.44. The maximum absolute atomic E-state index is 11.5. The summed E-state index contributed by atoms with van der Waals surface area (Å²) in [5.41, 5.74) is 0.677. The SMILES string of the molecule is CC(=O)c1ccccc1OCCN1CCCCCC1C. The molecule has 0 saturated carbocycles. The lowest BCUT2D eigenvalue weighted by molar-refractivity contribution is 0.101. The van der Waals surface area contributed by atoms with Gasteiger partial charge in [-0.25, -0.2) is 0 Å². The standard InChI is InChI=1S/C17H25NO2/c1-14-8-4-3-7-11-18(14)12-13-20-17-10-6-5-9-16(17)15(2)19/h5-6,9-10,14H,3-4,7-8,11-13H2,1-2H3. The summed E-state index contributed by atoms with van der Waals surface area (Å²) in [6, 6.07) is 8.13. The van der Waals surface area contributed by atoms with Crippen molar-refractivity contribution in [1.82, 2.24) is 4.90 Å². The summed E-state index contributed by atoms with van der Waals surface area (Å²) in [6.07, 6.45) is 5.25. The van der Waals surface area contributed by atoms with E-state index in [1.165, 1.54) is 32.2 Å². The number of ether oxygens (including phenoxy) is 1. The zero-order valence-electron chi connectivity index (χ0n) is 12.6. The number of Topliss-reactive ketones (excluding diaryl/α,β-unsaturated/α-hetero) is 1. The zero-order valence-corrected chi connectivity index (χ0v) is 12.6. The van der Waals surface area contributed by atoms with E-state index in [-0.39, 0.29) is 5.78 Å². The van der Waals surface area contributed by atoms with Crippen LogP contribution in [0, 0.1) is 0 Å². The zero-order chi connectivity index (χ0) is 14.4. The van der Waals surface area contributed by atoms with Gasteiger partial charge in [-0.05, 0) is 45.4 Å². The molecule has 1 fully saturated rings. The smallest absolute Gasteiger partial charge is 0.163 e. The van der Waals surface area contributed by atoms with Gasteiger partial charge in [0.05, 0.1) is 5.56 Å². The van der Waals surface area contributed by atoms with E-state index >= 15 is 0 Å². The third kappa shape index (κ3) is 4.07. The lowest BCUT2D eigenvalue weighted by Gasteiger charge is -2.26. The number of para-hydroxylation sites is 1. The van der Waals surface area contributed by atoms with E-state index in [1.807, 2.05) is 24.3 Å². The van der Waals surface area contributed by atoms with Gasteiger partial charge in [-0.15, -0.1) is 0 Å². The van der Waals surface area contributed by atoms with E-state index in [9.17, 15) is 4.79 Å². The van der Waals surface area contributed by atoms with Crippen molar-refractivity contribution < 1.29 is 9.53 Å². The van der Waals surface area contributed by atoms with Crippen molar-refractivity contribution >= 4 is 5.78 Å². The van der Waals surface area contributed by atoms with Crippen molar-refractivity contribution in [2.45, 2.75) is 45.6 Å². The summed E-state index contributed by atoms with van der Waals surface area (Å²) >= 11 is 0. The van der Waals surface area contributed by atoms with Crippen LogP contribution >= 0.6 is 0 Å². The molecule has 1 heterocycles. The normalized spacial score (nSPS) is 20.4. The minimum Gasteiger partial charge on any atom is -0.491 e. The number of carbonyl (C=O) groups is 1. The Bertz CT molecular complexity index is 444. The number of rotatable bonds is 5. The van der Waals surface area contributed by atoms with Gasteiger partial charge in [0.1, 0.15) is 12.4 Å². The molecular formula is C17H25NO2. The highest BCUT2D eigenvalue weighted by molar-refractivity contribution is 5.96. The average molecular weight is 275 g/mol. The number of ketones is 1. The minimum absolute atomic E-state index is 0.0590. The van der Waals surface area contributed by atoms with Crippen LogP contribution in [0.5, 0.6) is 5.75 Å². The molecule has 3 nitrogen and oxygen atoms in total. The molecule has 0 bridgehead atoms. The van der Waals surface area contributed by atoms with Crippen LogP contribution in [0.15, 0.2) is 24.3 Å². The van der Waals surface area contributed by atoms with E-state index in [0.29, 0.717) is 24.0 Å². The molecule has 3 heteroatoms. The Labute approximate surface area is 121 Å². The average Bonchev–Trinajstić information content (AvgIpc) is 2.64. The van der Waals surface area contributed by atoms with Crippen LogP contribution in [0.3, 0.4) is 0 Å². The van der Waals surface area contributed by atoms with Gasteiger partial charge in [0.2, 0.25) is 0 Å². The number of hydrogen-bond acceptors (Lipinski definition) is 3. The number of carbonyl (C=O) groups excluding carboxylic acids is 1. The van der Waals surface area contributed by atoms with E-state index < -0.39 is 0 Å². The molecule has 0 N–H and O–H groups in total. The monoisotopic (exact) mass is 275 g/mol. The molecule has 1 saturated heterocycles. The van der Waals surface area contributed by atoms with Crippen molar-refractivity contribution in [2.75, 3.05) is 19.7 Å². The third-order valence-electron chi connectivity index (χ3n) is 4.09. The molecule has 0 aliphatic carbocycles. The van der Waals surface area contributed by atoms with Gasteiger partial charge in [-0.3, -0.25) is 9.69 Å². The first-order valence-electron chi connectivity index (χ1n) is 7.65. The van der Waals surface area contributed by atoms with Crippen LogP contribution in [-0.2, 0) is 0 Å². The van der Waals surface area contributed by atoms with Crippen LogP contribution in [0.25, 0.3) is 0 Å². The lowest BCUT2D eigenvalue weighted by Crippen LogP contribution is -2.36. The fourth-order valence-electron chi connectivity index (χ4n) is 2.82. The summed E-state index contributed by atoms with van der Waals surface area (Å²) in [5.74, 6) is 0.770. The highest BCUT2D eigenvalue weighted by atomic mass is 16.5. The second-order valence-electron chi connectivity index (χ2n) is 5.64. The summed E-state index contributed by atoms with van der Waals surface area (Å²) in [5, 5.41) is 0. The molecule has 1 unspecified atom stereocenters. The Hall–Kier alpha value is -1.35. The fraction of sp³-hybridized carbons (Fsp3) is 0.588. The van der Waals surface area contributed by atoms with Gasteiger partial charge >= 0.3 is 0 Å². The van der Waals surface area contributed by atoms with Crippen molar-refractivity contribution in [3.05, 3.63) is 29.8 Å². The molecule has 1 atom stereocenters. The van der Waals surface area contributed by atoms with Crippen molar-refractivity contribution in [3.8, 4) is 5.75 Å². The maximum atomic E-state index is 11.5. The fourth-order valence-corrected chi connectivity index (χ4v) is 2.82.